The molecule has 16 heavy (non-hydrogen) atoms. The maximum absolute atomic E-state index is 10.7. The summed E-state index contributed by atoms with van der Waals surface area (Å²) in [6, 6.07) is 8.41. The first-order chi connectivity index (χ1) is 7.78. The van der Waals surface area contributed by atoms with Crippen molar-refractivity contribution in [1.82, 2.24) is 5.32 Å². The molecule has 2 aliphatic rings. The minimum atomic E-state index is -0.753. The van der Waals surface area contributed by atoms with Gasteiger partial charge in [-0.25, -0.2) is 0 Å². The normalized spacial score (nSPS) is 28.3. The predicted molar refractivity (Wildman–Crippen MR) is 61.5 cm³/mol. The minimum Gasteiger partial charge on any atom is -0.493 e. The Kier molecular flexibility index (Phi) is 2.37. The maximum atomic E-state index is 10.7. The summed E-state index contributed by atoms with van der Waals surface area (Å²) in [5.41, 5.74) is 0.173. The van der Waals surface area contributed by atoms with Gasteiger partial charge >= 0.3 is 0 Å². The Hall–Kier alpha value is -1.06. The number of fused-ring (bicyclic) bond motifs is 1. The average molecular weight is 219 g/mol. The van der Waals surface area contributed by atoms with Gasteiger partial charge in [0.25, 0.3) is 0 Å². The molecular formula is C13H17NO2. The summed E-state index contributed by atoms with van der Waals surface area (Å²) in [5.74, 6) is 0.828. The molecule has 1 aliphatic carbocycles. The van der Waals surface area contributed by atoms with Crippen molar-refractivity contribution < 1.29 is 9.84 Å². The largest absolute Gasteiger partial charge is 0.493 e. The Balaban J connectivity index is 1.83. The Labute approximate surface area is 95.4 Å². The van der Waals surface area contributed by atoms with E-state index >= 15 is 0 Å². The number of benzene rings is 1. The van der Waals surface area contributed by atoms with Crippen molar-refractivity contribution in [2.24, 2.45) is 0 Å². The summed E-state index contributed by atoms with van der Waals surface area (Å²) >= 11 is 0. The van der Waals surface area contributed by atoms with Crippen LogP contribution in [-0.2, 0) is 5.60 Å². The van der Waals surface area contributed by atoms with E-state index in [1.54, 1.807) is 0 Å². The number of hydrogen-bond acceptors (Lipinski definition) is 3. The van der Waals surface area contributed by atoms with E-state index in [4.69, 9.17) is 4.74 Å². The molecule has 1 aromatic rings. The SMILES string of the molecule is OC1(CNC2CC2)CCOc2ccccc21. The van der Waals surface area contributed by atoms with Crippen LogP contribution in [0.2, 0.25) is 0 Å². The molecule has 3 rings (SSSR count). The maximum Gasteiger partial charge on any atom is 0.125 e. The van der Waals surface area contributed by atoms with E-state index < -0.39 is 5.60 Å². The molecule has 0 aromatic heterocycles. The third kappa shape index (κ3) is 1.81. The van der Waals surface area contributed by atoms with Crippen LogP contribution in [-0.4, -0.2) is 24.3 Å². The van der Waals surface area contributed by atoms with Crippen LogP contribution in [0.5, 0.6) is 5.75 Å². The summed E-state index contributed by atoms with van der Waals surface area (Å²) in [6.07, 6.45) is 3.16. The first-order valence-electron chi connectivity index (χ1n) is 5.96. The van der Waals surface area contributed by atoms with E-state index in [-0.39, 0.29) is 0 Å². The zero-order valence-electron chi connectivity index (χ0n) is 9.28. The first-order valence-corrected chi connectivity index (χ1v) is 5.96. The third-order valence-electron chi connectivity index (χ3n) is 3.42. The highest BCUT2D eigenvalue weighted by Gasteiger charge is 2.36. The van der Waals surface area contributed by atoms with Gasteiger partial charge < -0.3 is 15.2 Å². The highest BCUT2D eigenvalue weighted by Crippen LogP contribution is 2.36. The predicted octanol–water partition coefficient (Wildman–Crippen LogP) is 1.41. The molecule has 1 saturated carbocycles. The molecule has 0 radical (unpaired) electrons. The highest BCUT2D eigenvalue weighted by molar-refractivity contribution is 5.39. The molecule has 0 saturated heterocycles. The fourth-order valence-corrected chi connectivity index (χ4v) is 2.23. The monoisotopic (exact) mass is 219 g/mol. The molecule has 0 bridgehead atoms. The lowest BCUT2D eigenvalue weighted by atomic mass is 9.88. The quantitative estimate of drug-likeness (QED) is 0.807. The Bertz CT molecular complexity index is 389. The minimum absolute atomic E-state index is 0.597. The molecule has 2 N–H and O–H groups in total. The van der Waals surface area contributed by atoms with Crippen molar-refractivity contribution in [3.63, 3.8) is 0 Å². The van der Waals surface area contributed by atoms with E-state index in [0.717, 1.165) is 11.3 Å². The van der Waals surface area contributed by atoms with Crippen molar-refractivity contribution in [3.05, 3.63) is 29.8 Å². The van der Waals surface area contributed by atoms with Gasteiger partial charge in [0.15, 0.2) is 0 Å². The van der Waals surface area contributed by atoms with Crippen LogP contribution in [0.15, 0.2) is 24.3 Å². The Morgan fingerprint density at radius 2 is 2.19 bits per heavy atom. The summed E-state index contributed by atoms with van der Waals surface area (Å²) < 4.78 is 5.55. The summed E-state index contributed by atoms with van der Waals surface area (Å²) in [6.45, 7) is 1.23. The second-order valence-electron chi connectivity index (χ2n) is 4.78. The lowest BCUT2D eigenvalue weighted by Gasteiger charge is -2.34. The van der Waals surface area contributed by atoms with Crippen molar-refractivity contribution in [3.8, 4) is 5.75 Å². The number of para-hydroxylation sites is 1. The molecule has 3 nitrogen and oxygen atoms in total. The van der Waals surface area contributed by atoms with E-state index in [1.165, 1.54) is 12.8 Å². The van der Waals surface area contributed by atoms with Crippen LogP contribution >= 0.6 is 0 Å². The fraction of sp³-hybridized carbons (Fsp3) is 0.538. The van der Waals surface area contributed by atoms with Crippen LogP contribution in [0.4, 0.5) is 0 Å². The zero-order chi connectivity index (χ0) is 11.0. The number of ether oxygens (including phenoxy) is 1. The Morgan fingerprint density at radius 1 is 1.38 bits per heavy atom. The Morgan fingerprint density at radius 3 is 3.00 bits per heavy atom. The summed E-state index contributed by atoms with van der Waals surface area (Å²) in [7, 11) is 0. The molecule has 1 aromatic carbocycles. The molecule has 0 amide bonds. The topological polar surface area (TPSA) is 41.5 Å². The van der Waals surface area contributed by atoms with Gasteiger partial charge in [-0.05, 0) is 18.9 Å². The molecular weight excluding hydrogens is 202 g/mol. The summed E-state index contributed by atoms with van der Waals surface area (Å²) in [5, 5.41) is 14.1. The molecule has 1 heterocycles. The van der Waals surface area contributed by atoms with Crippen LogP contribution < -0.4 is 10.1 Å². The van der Waals surface area contributed by atoms with Crippen LogP contribution in [0.3, 0.4) is 0 Å². The number of aliphatic hydroxyl groups is 1. The van der Waals surface area contributed by atoms with Crippen LogP contribution in [0.25, 0.3) is 0 Å². The standard InChI is InChI=1S/C13H17NO2/c15-13(9-14-10-5-6-10)7-8-16-12-4-2-1-3-11(12)13/h1-4,10,14-15H,5-9H2. The van der Waals surface area contributed by atoms with E-state index in [2.05, 4.69) is 5.32 Å². The van der Waals surface area contributed by atoms with Crippen molar-refractivity contribution in [2.45, 2.75) is 30.9 Å². The van der Waals surface area contributed by atoms with Crippen LogP contribution in [0, 0.1) is 0 Å². The molecule has 1 aliphatic heterocycles. The van der Waals surface area contributed by atoms with Crippen molar-refractivity contribution in [2.75, 3.05) is 13.2 Å². The number of nitrogens with one attached hydrogen (secondary N) is 1. The zero-order valence-corrected chi connectivity index (χ0v) is 9.28. The first kappa shape index (κ1) is 10.1. The second kappa shape index (κ2) is 3.75. The molecule has 1 fully saturated rings. The van der Waals surface area contributed by atoms with Gasteiger partial charge in [0.1, 0.15) is 11.4 Å². The lowest BCUT2D eigenvalue weighted by molar-refractivity contribution is -0.00241. The van der Waals surface area contributed by atoms with Gasteiger partial charge in [0, 0.05) is 24.6 Å². The highest BCUT2D eigenvalue weighted by atomic mass is 16.5. The van der Waals surface area contributed by atoms with Gasteiger partial charge in [0.05, 0.1) is 6.61 Å². The van der Waals surface area contributed by atoms with Crippen molar-refractivity contribution in [1.29, 1.82) is 0 Å². The van der Waals surface area contributed by atoms with Gasteiger partial charge in [-0.1, -0.05) is 18.2 Å². The lowest BCUT2D eigenvalue weighted by Crippen LogP contribution is -2.42. The molecule has 1 atom stereocenters. The van der Waals surface area contributed by atoms with Crippen LogP contribution in [0.1, 0.15) is 24.8 Å². The summed E-state index contributed by atoms with van der Waals surface area (Å²) in [4.78, 5) is 0. The number of hydrogen-bond donors (Lipinski definition) is 2. The van der Waals surface area contributed by atoms with E-state index in [1.807, 2.05) is 24.3 Å². The molecule has 86 valence electrons. The third-order valence-corrected chi connectivity index (χ3v) is 3.42. The van der Waals surface area contributed by atoms with Gasteiger partial charge in [-0.2, -0.15) is 0 Å². The van der Waals surface area contributed by atoms with Gasteiger partial charge in [0.2, 0.25) is 0 Å². The molecule has 3 heteroatoms. The van der Waals surface area contributed by atoms with E-state index in [0.29, 0.717) is 25.6 Å². The average Bonchev–Trinajstić information content (AvgIpc) is 3.11. The van der Waals surface area contributed by atoms with Gasteiger partial charge in [-0.15, -0.1) is 0 Å². The van der Waals surface area contributed by atoms with E-state index in [9.17, 15) is 5.11 Å². The number of rotatable bonds is 3. The van der Waals surface area contributed by atoms with Crippen molar-refractivity contribution >= 4 is 0 Å². The second-order valence-corrected chi connectivity index (χ2v) is 4.78. The molecule has 1 unspecified atom stereocenters. The fourth-order valence-electron chi connectivity index (χ4n) is 2.23. The smallest absolute Gasteiger partial charge is 0.125 e. The molecule has 0 spiro atoms. The van der Waals surface area contributed by atoms with Gasteiger partial charge in [-0.3, -0.25) is 0 Å².